The molecule has 1 aliphatic heterocycles. The number of hydrogen-bond acceptors (Lipinski definition) is 4. The van der Waals surface area contributed by atoms with Gasteiger partial charge in [-0.15, -0.1) is 0 Å². The third kappa shape index (κ3) is 8.02. The van der Waals surface area contributed by atoms with E-state index in [1.165, 1.54) is 6.42 Å². The van der Waals surface area contributed by atoms with E-state index in [4.69, 9.17) is 9.47 Å². The first-order chi connectivity index (χ1) is 10.7. The number of amides is 1. The first-order valence-corrected chi connectivity index (χ1v) is 8.97. The lowest BCUT2D eigenvalue weighted by Crippen LogP contribution is -2.49. The molecule has 5 nitrogen and oxygen atoms in total. The van der Waals surface area contributed by atoms with Gasteiger partial charge < -0.3 is 19.7 Å². The Hall–Kier alpha value is -0.810. The van der Waals surface area contributed by atoms with E-state index in [0.717, 1.165) is 38.8 Å². The highest BCUT2D eigenvalue weighted by Gasteiger charge is 2.31. The van der Waals surface area contributed by atoms with Gasteiger partial charge in [0, 0.05) is 38.4 Å². The van der Waals surface area contributed by atoms with Gasteiger partial charge in [-0.2, -0.15) is 0 Å². The van der Waals surface area contributed by atoms with Crippen LogP contribution in [0.4, 0.5) is 4.79 Å². The van der Waals surface area contributed by atoms with Crippen LogP contribution >= 0.6 is 0 Å². The van der Waals surface area contributed by atoms with E-state index in [1.54, 1.807) is 7.11 Å². The summed E-state index contributed by atoms with van der Waals surface area (Å²) in [6, 6.07) is 1.06. The van der Waals surface area contributed by atoms with Gasteiger partial charge in [-0.05, 0) is 66.7 Å². The van der Waals surface area contributed by atoms with Crippen molar-refractivity contribution >= 4 is 6.09 Å². The maximum absolute atomic E-state index is 12.4. The Morgan fingerprint density at radius 1 is 1.26 bits per heavy atom. The Bertz CT molecular complexity index is 355. The lowest BCUT2D eigenvalue weighted by Gasteiger charge is -2.38. The number of carbonyl (C=O) groups excluding carboxylic acids is 1. The van der Waals surface area contributed by atoms with Gasteiger partial charge in [-0.3, -0.25) is 0 Å². The quantitative estimate of drug-likeness (QED) is 0.776. The second-order valence-electron chi connectivity index (χ2n) is 7.81. The van der Waals surface area contributed by atoms with Gasteiger partial charge in [0.1, 0.15) is 5.60 Å². The third-order valence-corrected chi connectivity index (χ3v) is 4.20. The number of nitrogens with zero attached hydrogens (tertiary/aromatic N) is 1. The zero-order chi connectivity index (χ0) is 17.5. The molecule has 0 aromatic heterocycles. The van der Waals surface area contributed by atoms with Gasteiger partial charge in [0.15, 0.2) is 0 Å². The standard InChI is InChI=1S/C18H36N2O3/c1-14(10-12-22-6)19-15(2)13-16-9-7-8-11-20(16)17(21)23-18(3,4)5/h14-16,19H,7-13H2,1-6H3. The van der Waals surface area contributed by atoms with Gasteiger partial charge in [0.05, 0.1) is 0 Å². The number of likely N-dealkylation sites (tertiary alicyclic amines) is 1. The fourth-order valence-corrected chi connectivity index (χ4v) is 3.15. The van der Waals surface area contributed by atoms with Crippen molar-refractivity contribution in [3.8, 4) is 0 Å². The maximum atomic E-state index is 12.4. The molecule has 0 saturated carbocycles. The summed E-state index contributed by atoms with van der Waals surface area (Å²) in [7, 11) is 1.73. The van der Waals surface area contributed by atoms with Crippen molar-refractivity contribution in [2.45, 2.75) is 90.4 Å². The van der Waals surface area contributed by atoms with E-state index >= 15 is 0 Å². The van der Waals surface area contributed by atoms with Crippen LogP contribution in [-0.4, -0.2) is 55.0 Å². The number of hydrogen-bond donors (Lipinski definition) is 1. The highest BCUT2D eigenvalue weighted by molar-refractivity contribution is 5.68. The van der Waals surface area contributed by atoms with Crippen molar-refractivity contribution in [3.05, 3.63) is 0 Å². The monoisotopic (exact) mass is 328 g/mol. The summed E-state index contributed by atoms with van der Waals surface area (Å²) in [6.45, 7) is 11.7. The normalized spacial score (nSPS) is 21.8. The fraction of sp³-hybridized carbons (Fsp3) is 0.944. The minimum Gasteiger partial charge on any atom is -0.444 e. The van der Waals surface area contributed by atoms with Gasteiger partial charge in [-0.25, -0.2) is 4.79 Å². The predicted octanol–water partition coefficient (Wildman–Crippen LogP) is 3.57. The lowest BCUT2D eigenvalue weighted by molar-refractivity contribution is 0.00778. The number of methoxy groups -OCH3 is 1. The Balaban J connectivity index is 2.52. The topological polar surface area (TPSA) is 50.8 Å². The summed E-state index contributed by atoms with van der Waals surface area (Å²) in [5.74, 6) is 0. The Morgan fingerprint density at radius 3 is 2.57 bits per heavy atom. The van der Waals surface area contributed by atoms with Crippen LogP contribution < -0.4 is 5.32 Å². The van der Waals surface area contributed by atoms with Crippen LogP contribution in [0, 0.1) is 0 Å². The Morgan fingerprint density at radius 2 is 1.96 bits per heavy atom. The molecule has 1 heterocycles. The molecule has 0 aliphatic carbocycles. The molecule has 1 N–H and O–H groups in total. The van der Waals surface area contributed by atoms with Crippen LogP contribution in [0.5, 0.6) is 0 Å². The summed E-state index contributed by atoms with van der Waals surface area (Å²) < 4.78 is 10.7. The molecule has 1 aliphatic rings. The summed E-state index contributed by atoms with van der Waals surface area (Å²) in [6.07, 6.45) is 5.13. The van der Waals surface area contributed by atoms with Crippen LogP contribution in [-0.2, 0) is 9.47 Å². The molecule has 3 unspecified atom stereocenters. The molecular weight excluding hydrogens is 292 g/mol. The molecule has 23 heavy (non-hydrogen) atoms. The van der Waals surface area contributed by atoms with E-state index < -0.39 is 5.60 Å². The van der Waals surface area contributed by atoms with Gasteiger partial charge >= 0.3 is 6.09 Å². The van der Waals surface area contributed by atoms with Crippen molar-refractivity contribution in [3.63, 3.8) is 0 Å². The summed E-state index contributed by atoms with van der Waals surface area (Å²) in [5.41, 5.74) is -0.433. The molecule has 5 heteroatoms. The van der Waals surface area contributed by atoms with Crippen LogP contribution in [0.1, 0.15) is 66.7 Å². The van der Waals surface area contributed by atoms with Gasteiger partial charge in [0.2, 0.25) is 0 Å². The van der Waals surface area contributed by atoms with Crippen LogP contribution in [0.25, 0.3) is 0 Å². The highest BCUT2D eigenvalue weighted by atomic mass is 16.6. The molecule has 1 amide bonds. The van der Waals surface area contributed by atoms with Crippen LogP contribution in [0.3, 0.4) is 0 Å². The van der Waals surface area contributed by atoms with Gasteiger partial charge in [-0.1, -0.05) is 0 Å². The molecule has 0 bridgehead atoms. The number of nitrogens with one attached hydrogen (secondary N) is 1. The average Bonchev–Trinajstić information content (AvgIpc) is 2.43. The zero-order valence-electron chi connectivity index (χ0n) is 15.9. The molecule has 0 radical (unpaired) electrons. The van der Waals surface area contributed by atoms with Crippen molar-refractivity contribution < 1.29 is 14.3 Å². The maximum Gasteiger partial charge on any atom is 0.410 e. The fourth-order valence-electron chi connectivity index (χ4n) is 3.15. The first-order valence-electron chi connectivity index (χ1n) is 8.97. The van der Waals surface area contributed by atoms with Crippen molar-refractivity contribution in [2.75, 3.05) is 20.3 Å². The Labute approximate surface area is 142 Å². The second kappa shape index (κ2) is 9.48. The number of rotatable bonds is 7. The minimum absolute atomic E-state index is 0.165. The number of carbonyl (C=O) groups is 1. The van der Waals surface area contributed by atoms with E-state index in [9.17, 15) is 4.79 Å². The summed E-state index contributed by atoms with van der Waals surface area (Å²) in [4.78, 5) is 14.4. The van der Waals surface area contributed by atoms with E-state index in [2.05, 4.69) is 19.2 Å². The van der Waals surface area contributed by atoms with E-state index in [1.807, 2.05) is 25.7 Å². The average molecular weight is 328 g/mol. The van der Waals surface area contributed by atoms with Crippen molar-refractivity contribution in [2.24, 2.45) is 0 Å². The molecular formula is C18H36N2O3. The first kappa shape index (κ1) is 20.2. The molecule has 0 spiro atoms. The van der Waals surface area contributed by atoms with Crippen LogP contribution in [0.2, 0.25) is 0 Å². The van der Waals surface area contributed by atoms with Crippen molar-refractivity contribution in [1.82, 2.24) is 10.2 Å². The zero-order valence-corrected chi connectivity index (χ0v) is 15.9. The molecule has 0 aromatic rings. The van der Waals surface area contributed by atoms with Crippen molar-refractivity contribution in [1.29, 1.82) is 0 Å². The highest BCUT2D eigenvalue weighted by Crippen LogP contribution is 2.23. The minimum atomic E-state index is -0.433. The van der Waals surface area contributed by atoms with E-state index in [0.29, 0.717) is 12.1 Å². The predicted molar refractivity (Wildman–Crippen MR) is 93.7 cm³/mol. The molecule has 1 rings (SSSR count). The number of ether oxygens (including phenoxy) is 2. The molecule has 1 saturated heterocycles. The molecule has 3 atom stereocenters. The largest absolute Gasteiger partial charge is 0.444 e. The molecule has 0 aromatic carbocycles. The number of piperidine rings is 1. The second-order valence-corrected chi connectivity index (χ2v) is 7.81. The smallest absolute Gasteiger partial charge is 0.410 e. The summed E-state index contributed by atoms with van der Waals surface area (Å²) >= 11 is 0. The van der Waals surface area contributed by atoms with E-state index in [-0.39, 0.29) is 12.1 Å². The van der Waals surface area contributed by atoms with Crippen LogP contribution in [0.15, 0.2) is 0 Å². The van der Waals surface area contributed by atoms with Gasteiger partial charge in [0.25, 0.3) is 0 Å². The Kier molecular flexibility index (Phi) is 8.34. The third-order valence-electron chi connectivity index (χ3n) is 4.20. The SMILES string of the molecule is COCCC(C)NC(C)CC1CCCCN1C(=O)OC(C)(C)C. The lowest BCUT2D eigenvalue weighted by atomic mass is 9.96. The molecule has 1 fully saturated rings. The molecule has 136 valence electrons. The summed E-state index contributed by atoms with van der Waals surface area (Å²) in [5, 5.41) is 3.61.